The molecule has 1 heterocycles. The van der Waals surface area contributed by atoms with E-state index in [-0.39, 0.29) is 5.91 Å². The smallest absolute Gasteiger partial charge is 0.260 e. The first-order valence-electron chi connectivity index (χ1n) is 10.0. The first-order valence-corrected chi connectivity index (χ1v) is 10.8. The van der Waals surface area contributed by atoms with Crippen LogP contribution in [-0.4, -0.2) is 49.1 Å². The van der Waals surface area contributed by atoms with Gasteiger partial charge in [-0.05, 0) is 50.7 Å². The number of carbonyl (C=O) groups is 1. The van der Waals surface area contributed by atoms with Crippen LogP contribution in [0, 0.1) is 13.8 Å². The molecule has 154 valence electrons. The van der Waals surface area contributed by atoms with Crippen molar-refractivity contribution in [1.82, 2.24) is 9.88 Å². The van der Waals surface area contributed by atoms with Gasteiger partial charge in [-0.15, -0.1) is 0 Å². The molecule has 0 saturated carbocycles. The minimum Gasteiger partial charge on any atom is -0.494 e. The molecule has 0 spiro atoms. The van der Waals surface area contributed by atoms with Gasteiger partial charge >= 0.3 is 0 Å². The fraction of sp³-hybridized carbons (Fsp3) is 0.391. The molecule has 29 heavy (non-hydrogen) atoms. The number of anilines is 1. The highest BCUT2D eigenvalue weighted by Gasteiger charge is 2.24. The van der Waals surface area contributed by atoms with Gasteiger partial charge in [-0.3, -0.25) is 9.69 Å². The van der Waals surface area contributed by atoms with Crippen LogP contribution < -0.4 is 9.64 Å². The van der Waals surface area contributed by atoms with Gasteiger partial charge in [-0.25, -0.2) is 4.98 Å². The van der Waals surface area contributed by atoms with Gasteiger partial charge in [-0.2, -0.15) is 0 Å². The molecule has 0 atom stereocenters. The summed E-state index contributed by atoms with van der Waals surface area (Å²) in [7, 11) is 1.65. The number of likely N-dealkylation sites (N-methyl/N-ethyl adjacent to an activating group) is 1. The molecule has 0 bridgehead atoms. The lowest BCUT2D eigenvalue weighted by Crippen LogP contribution is -2.39. The third-order valence-corrected chi connectivity index (χ3v) is 6.27. The second-order valence-corrected chi connectivity index (χ2v) is 8.11. The topological polar surface area (TPSA) is 45.7 Å². The predicted molar refractivity (Wildman–Crippen MR) is 122 cm³/mol. The molecule has 6 heteroatoms. The Kier molecular flexibility index (Phi) is 6.87. The number of aromatic nitrogens is 1. The summed E-state index contributed by atoms with van der Waals surface area (Å²) in [6.07, 6.45) is 0. The number of hydrogen-bond donors (Lipinski definition) is 0. The molecular weight excluding hydrogens is 382 g/mol. The average molecular weight is 412 g/mol. The number of rotatable bonds is 8. The molecule has 2 aromatic carbocycles. The Balaban J connectivity index is 2.03. The normalized spacial score (nSPS) is 11.2. The van der Waals surface area contributed by atoms with Gasteiger partial charge in [-0.1, -0.05) is 48.9 Å². The fourth-order valence-corrected chi connectivity index (χ4v) is 4.38. The lowest BCUT2D eigenvalue weighted by atomic mass is 10.0. The molecule has 0 N–H and O–H groups in total. The second-order valence-electron chi connectivity index (χ2n) is 7.11. The van der Waals surface area contributed by atoms with Crippen LogP contribution in [-0.2, 0) is 0 Å². The third-order valence-electron chi connectivity index (χ3n) is 5.22. The van der Waals surface area contributed by atoms with E-state index < -0.39 is 0 Å². The summed E-state index contributed by atoms with van der Waals surface area (Å²) in [5, 5.41) is 0.711. The van der Waals surface area contributed by atoms with E-state index in [1.165, 1.54) is 11.3 Å². The van der Waals surface area contributed by atoms with E-state index >= 15 is 0 Å². The highest BCUT2D eigenvalue weighted by atomic mass is 32.1. The van der Waals surface area contributed by atoms with Crippen LogP contribution in [0.3, 0.4) is 0 Å². The lowest BCUT2D eigenvalue weighted by molar-refractivity contribution is 0.0983. The van der Waals surface area contributed by atoms with Crippen molar-refractivity contribution in [3.05, 3.63) is 53.1 Å². The van der Waals surface area contributed by atoms with Crippen LogP contribution in [0.25, 0.3) is 10.2 Å². The Morgan fingerprint density at radius 1 is 1.10 bits per heavy atom. The number of thiazole rings is 1. The summed E-state index contributed by atoms with van der Waals surface area (Å²) >= 11 is 1.53. The van der Waals surface area contributed by atoms with E-state index in [1.807, 2.05) is 55.1 Å². The molecule has 3 aromatic rings. The maximum atomic E-state index is 13.6. The molecule has 1 aromatic heterocycles. The predicted octanol–water partition coefficient (Wildman–Crippen LogP) is 4.91. The number of nitrogens with zero attached hydrogens (tertiary/aromatic N) is 3. The van der Waals surface area contributed by atoms with Gasteiger partial charge < -0.3 is 9.64 Å². The Morgan fingerprint density at radius 2 is 1.86 bits per heavy atom. The van der Waals surface area contributed by atoms with E-state index in [4.69, 9.17) is 9.72 Å². The van der Waals surface area contributed by atoms with Gasteiger partial charge in [0, 0.05) is 18.7 Å². The SMILES string of the molecule is CCN(CC)CCN(C(=O)c1cc(C)ccc1C)c1nc2c(OC)cccc2s1. The molecule has 3 rings (SSSR count). The zero-order chi connectivity index (χ0) is 21.0. The molecular formula is C23H29N3O2S. The van der Waals surface area contributed by atoms with Crippen molar-refractivity contribution in [2.75, 3.05) is 38.2 Å². The number of benzene rings is 2. The molecule has 0 aliphatic carbocycles. The van der Waals surface area contributed by atoms with E-state index in [0.29, 0.717) is 11.7 Å². The summed E-state index contributed by atoms with van der Waals surface area (Å²) in [6, 6.07) is 11.9. The standard InChI is InChI=1S/C23H29N3O2S/c1-6-25(7-2)13-14-26(22(27)18-15-16(3)11-12-17(18)4)23-24-21-19(28-5)9-8-10-20(21)29-23/h8-12,15H,6-7,13-14H2,1-5H3. The van der Waals surface area contributed by atoms with Crippen molar-refractivity contribution in [3.8, 4) is 5.75 Å². The van der Waals surface area contributed by atoms with E-state index in [2.05, 4.69) is 18.7 Å². The first-order chi connectivity index (χ1) is 14.0. The van der Waals surface area contributed by atoms with Gasteiger partial charge in [0.15, 0.2) is 5.13 Å². The largest absolute Gasteiger partial charge is 0.494 e. The summed E-state index contributed by atoms with van der Waals surface area (Å²) < 4.78 is 6.48. The van der Waals surface area contributed by atoms with Gasteiger partial charge in [0.05, 0.1) is 11.8 Å². The van der Waals surface area contributed by atoms with Crippen LogP contribution in [0.5, 0.6) is 5.75 Å². The minimum atomic E-state index is -0.00335. The first kappa shape index (κ1) is 21.3. The second kappa shape index (κ2) is 9.37. The summed E-state index contributed by atoms with van der Waals surface area (Å²) in [5.41, 5.74) is 3.59. The monoisotopic (exact) mass is 411 g/mol. The number of aryl methyl sites for hydroxylation is 2. The number of amides is 1. The number of fused-ring (bicyclic) bond motifs is 1. The van der Waals surface area contributed by atoms with Crippen LogP contribution in [0.2, 0.25) is 0 Å². The van der Waals surface area contributed by atoms with Crippen molar-refractivity contribution < 1.29 is 9.53 Å². The number of carbonyl (C=O) groups excluding carboxylic acids is 1. The van der Waals surface area contributed by atoms with Crippen LogP contribution in [0.4, 0.5) is 5.13 Å². The Labute approximate surface area is 176 Å². The minimum absolute atomic E-state index is 0.00335. The Hall–Kier alpha value is -2.44. The van der Waals surface area contributed by atoms with E-state index in [0.717, 1.165) is 52.3 Å². The molecule has 0 fully saturated rings. The molecule has 0 radical (unpaired) electrons. The number of hydrogen-bond acceptors (Lipinski definition) is 5. The molecule has 5 nitrogen and oxygen atoms in total. The maximum absolute atomic E-state index is 13.6. The summed E-state index contributed by atoms with van der Waals surface area (Å²) in [5.74, 6) is 0.726. The highest BCUT2D eigenvalue weighted by molar-refractivity contribution is 7.22. The van der Waals surface area contributed by atoms with E-state index in [1.54, 1.807) is 7.11 Å². The van der Waals surface area contributed by atoms with Gasteiger partial charge in [0.2, 0.25) is 0 Å². The van der Waals surface area contributed by atoms with Crippen molar-refractivity contribution in [2.45, 2.75) is 27.7 Å². The zero-order valence-corrected chi connectivity index (χ0v) is 18.7. The van der Waals surface area contributed by atoms with Crippen molar-refractivity contribution in [2.24, 2.45) is 0 Å². The van der Waals surface area contributed by atoms with Crippen molar-refractivity contribution >= 4 is 32.6 Å². The summed E-state index contributed by atoms with van der Waals surface area (Å²) in [6.45, 7) is 11.6. The maximum Gasteiger partial charge on any atom is 0.260 e. The van der Waals surface area contributed by atoms with Crippen molar-refractivity contribution in [3.63, 3.8) is 0 Å². The number of ether oxygens (including phenoxy) is 1. The average Bonchev–Trinajstić information content (AvgIpc) is 3.16. The molecule has 0 aliphatic heterocycles. The molecule has 0 saturated heterocycles. The van der Waals surface area contributed by atoms with Crippen LogP contribution in [0.15, 0.2) is 36.4 Å². The quantitative estimate of drug-likeness (QED) is 0.528. The highest BCUT2D eigenvalue weighted by Crippen LogP contribution is 2.34. The lowest BCUT2D eigenvalue weighted by Gasteiger charge is -2.25. The number of para-hydroxylation sites is 1. The molecule has 0 aliphatic rings. The van der Waals surface area contributed by atoms with Gasteiger partial charge in [0.25, 0.3) is 5.91 Å². The third kappa shape index (κ3) is 4.60. The van der Waals surface area contributed by atoms with E-state index in [9.17, 15) is 4.79 Å². The van der Waals surface area contributed by atoms with Crippen LogP contribution >= 0.6 is 11.3 Å². The Morgan fingerprint density at radius 3 is 2.55 bits per heavy atom. The Bertz CT molecular complexity index is 995. The number of methoxy groups -OCH3 is 1. The fourth-order valence-electron chi connectivity index (χ4n) is 3.37. The molecule has 1 amide bonds. The van der Waals surface area contributed by atoms with Gasteiger partial charge in [0.1, 0.15) is 11.3 Å². The van der Waals surface area contributed by atoms with Crippen molar-refractivity contribution in [1.29, 1.82) is 0 Å². The summed E-state index contributed by atoms with van der Waals surface area (Å²) in [4.78, 5) is 22.5. The zero-order valence-electron chi connectivity index (χ0n) is 17.9. The molecule has 0 unspecified atom stereocenters. The van der Waals surface area contributed by atoms with Crippen LogP contribution in [0.1, 0.15) is 35.3 Å².